The highest BCUT2D eigenvalue weighted by Gasteiger charge is 2.41. The summed E-state index contributed by atoms with van der Waals surface area (Å²) < 4.78 is 0. The molecule has 0 spiro atoms. The fraction of sp³-hybridized carbons (Fsp3) is 0.583. The quantitative estimate of drug-likeness (QED) is 0.762. The Balaban J connectivity index is 1.81. The molecule has 0 aromatic carbocycles. The molecular formula is C12H16N2S. The SMILES string of the molecule is C(=CC12CCCN1CCC2)c1cncs1. The van der Waals surface area contributed by atoms with Crippen molar-refractivity contribution in [1.82, 2.24) is 9.88 Å². The van der Waals surface area contributed by atoms with Crippen LogP contribution >= 0.6 is 11.3 Å². The Bertz CT molecular complexity index is 346. The van der Waals surface area contributed by atoms with Gasteiger partial charge in [-0.15, -0.1) is 11.3 Å². The van der Waals surface area contributed by atoms with Gasteiger partial charge in [0.05, 0.1) is 5.51 Å². The van der Waals surface area contributed by atoms with Crippen LogP contribution in [0.3, 0.4) is 0 Å². The molecule has 15 heavy (non-hydrogen) atoms. The van der Waals surface area contributed by atoms with Gasteiger partial charge in [-0.25, -0.2) is 0 Å². The highest BCUT2D eigenvalue weighted by molar-refractivity contribution is 7.10. The van der Waals surface area contributed by atoms with Crippen molar-refractivity contribution in [3.63, 3.8) is 0 Å². The molecule has 2 nitrogen and oxygen atoms in total. The fourth-order valence-corrected chi connectivity index (χ4v) is 3.48. The van der Waals surface area contributed by atoms with Gasteiger partial charge in [0.15, 0.2) is 0 Å². The molecule has 1 aromatic rings. The van der Waals surface area contributed by atoms with Gasteiger partial charge in [0.25, 0.3) is 0 Å². The largest absolute Gasteiger partial charge is 0.294 e. The zero-order valence-corrected chi connectivity index (χ0v) is 9.67. The van der Waals surface area contributed by atoms with E-state index in [4.69, 9.17) is 0 Å². The van der Waals surface area contributed by atoms with Crippen molar-refractivity contribution in [1.29, 1.82) is 0 Å². The third-order valence-corrected chi connectivity index (χ3v) is 4.46. The van der Waals surface area contributed by atoms with Gasteiger partial charge in [-0.05, 0) is 44.8 Å². The average Bonchev–Trinajstić information content (AvgIpc) is 2.91. The van der Waals surface area contributed by atoms with Gasteiger partial charge in [0.2, 0.25) is 0 Å². The predicted molar refractivity (Wildman–Crippen MR) is 63.9 cm³/mol. The first-order valence-electron chi connectivity index (χ1n) is 5.72. The number of thiazole rings is 1. The number of hydrogen-bond acceptors (Lipinski definition) is 3. The Labute approximate surface area is 94.6 Å². The number of aromatic nitrogens is 1. The molecule has 2 fully saturated rings. The van der Waals surface area contributed by atoms with Crippen molar-refractivity contribution >= 4 is 17.4 Å². The van der Waals surface area contributed by atoms with Crippen LogP contribution in [0.25, 0.3) is 6.08 Å². The van der Waals surface area contributed by atoms with E-state index < -0.39 is 0 Å². The number of fused-ring (bicyclic) bond motifs is 1. The third-order valence-electron chi connectivity index (χ3n) is 3.71. The van der Waals surface area contributed by atoms with Crippen molar-refractivity contribution in [2.75, 3.05) is 13.1 Å². The Morgan fingerprint density at radius 2 is 2.13 bits per heavy atom. The van der Waals surface area contributed by atoms with Crippen molar-refractivity contribution in [3.8, 4) is 0 Å². The van der Waals surface area contributed by atoms with E-state index in [2.05, 4.69) is 22.0 Å². The maximum atomic E-state index is 4.10. The molecule has 3 heterocycles. The van der Waals surface area contributed by atoms with Gasteiger partial charge < -0.3 is 0 Å². The molecule has 2 aliphatic heterocycles. The topological polar surface area (TPSA) is 16.1 Å². The molecule has 0 amide bonds. The summed E-state index contributed by atoms with van der Waals surface area (Å²) in [4.78, 5) is 8.04. The average molecular weight is 220 g/mol. The highest BCUT2D eigenvalue weighted by atomic mass is 32.1. The molecule has 0 radical (unpaired) electrons. The minimum Gasteiger partial charge on any atom is -0.294 e. The van der Waals surface area contributed by atoms with E-state index in [1.54, 1.807) is 11.3 Å². The zero-order chi connectivity index (χ0) is 10.1. The lowest BCUT2D eigenvalue weighted by molar-refractivity contribution is 0.251. The first-order chi connectivity index (χ1) is 7.39. The summed E-state index contributed by atoms with van der Waals surface area (Å²) in [6.07, 6.45) is 12.1. The fourth-order valence-electron chi connectivity index (χ4n) is 2.97. The summed E-state index contributed by atoms with van der Waals surface area (Å²) in [6, 6.07) is 0. The van der Waals surface area contributed by atoms with Crippen molar-refractivity contribution in [3.05, 3.63) is 22.7 Å². The van der Waals surface area contributed by atoms with Gasteiger partial charge in [-0.2, -0.15) is 0 Å². The summed E-state index contributed by atoms with van der Waals surface area (Å²) >= 11 is 1.72. The number of hydrogen-bond donors (Lipinski definition) is 0. The van der Waals surface area contributed by atoms with Crippen LogP contribution in [0, 0.1) is 0 Å². The van der Waals surface area contributed by atoms with Crippen LogP contribution in [0.2, 0.25) is 0 Å². The minimum atomic E-state index is 0.407. The molecule has 0 unspecified atom stereocenters. The first-order valence-corrected chi connectivity index (χ1v) is 6.60. The Kier molecular flexibility index (Phi) is 2.37. The van der Waals surface area contributed by atoms with E-state index in [-0.39, 0.29) is 0 Å². The van der Waals surface area contributed by atoms with Gasteiger partial charge in [-0.1, -0.05) is 6.08 Å². The monoisotopic (exact) mass is 220 g/mol. The second-order valence-corrected chi connectivity index (χ2v) is 5.45. The van der Waals surface area contributed by atoms with Crippen molar-refractivity contribution < 1.29 is 0 Å². The van der Waals surface area contributed by atoms with Crippen LogP contribution in [-0.4, -0.2) is 28.5 Å². The summed E-state index contributed by atoms with van der Waals surface area (Å²) in [5.41, 5.74) is 2.31. The lowest BCUT2D eigenvalue weighted by Crippen LogP contribution is -2.35. The Morgan fingerprint density at radius 3 is 2.80 bits per heavy atom. The van der Waals surface area contributed by atoms with Gasteiger partial charge in [0.1, 0.15) is 0 Å². The Hall–Kier alpha value is -0.670. The third kappa shape index (κ3) is 1.64. The molecule has 1 aromatic heterocycles. The van der Waals surface area contributed by atoms with E-state index in [1.807, 2.05) is 11.7 Å². The second kappa shape index (κ2) is 3.72. The lowest BCUT2D eigenvalue weighted by atomic mass is 9.93. The number of nitrogens with zero attached hydrogens (tertiary/aromatic N) is 2. The molecule has 0 atom stereocenters. The highest BCUT2D eigenvalue weighted by Crippen LogP contribution is 2.40. The minimum absolute atomic E-state index is 0.407. The van der Waals surface area contributed by atoms with Crippen LogP contribution in [0.4, 0.5) is 0 Å². The maximum absolute atomic E-state index is 4.10. The zero-order valence-electron chi connectivity index (χ0n) is 8.85. The van der Waals surface area contributed by atoms with Crippen LogP contribution < -0.4 is 0 Å². The normalized spacial score (nSPS) is 25.1. The first kappa shape index (κ1) is 9.55. The summed E-state index contributed by atoms with van der Waals surface area (Å²) in [5.74, 6) is 0. The molecule has 0 aliphatic carbocycles. The summed E-state index contributed by atoms with van der Waals surface area (Å²) in [5, 5.41) is 0. The Morgan fingerprint density at radius 1 is 1.33 bits per heavy atom. The molecule has 0 saturated carbocycles. The second-order valence-electron chi connectivity index (χ2n) is 4.53. The molecule has 2 saturated heterocycles. The van der Waals surface area contributed by atoms with Crippen LogP contribution in [0.15, 0.2) is 17.8 Å². The van der Waals surface area contributed by atoms with Crippen molar-refractivity contribution in [2.45, 2.75) is 31.2 Å². The van der Waals surface area contributed by atoms with Crippen LogP contribution in [-0.2, 0) is 0 Å². The van der Waals surface area contributed by atoms with Gasteiger partial charge in [-0.3, -0.25) is 9.88 Å². The summed E-state index contributed by atoms with van der Waals surface area (Å²) in [6.45, 7) is 2.60. The standard InChI is InChI=1S/C12H16N2S/c1-4-12(5-2-8-14(12)7-1)6-3-11-9-13-10-15-11/h3,6,9-10H,1-2,4-5,7-8H2. The molecule has 3 heteroatoms. The maximum Gasteiger partial charge on any atom is 0.0797 e. The lowest BCUT2D eigenvalue weighted by Gasteiger charge is -2.28. The van der Waals surface area contributed by atoms with E-state index in [1.165, 1.54) is 43.6 Å². The predicted octanol–water partition coefficient (Wildman–Crippen LogP) is 2.78. The van der Waals surface area contributed by atoms with Gasteiger partial charge >= 0.3 is 0 Å². The van der Waals surface area contributed by atoms with Crippen LogP contribution in [0.1, 0.15) is 30.6 Å². The molecule has 0 bridgehead atoms. The smallest absolute Gasteiger partial charge is 0.0797 e. The summed E-state index contributed by atoms with van der Waals surface area (Å²) in [7, 11) is 0. The molecular weight excluding hydrogens is 204 g/mol. The number of rotatable bonds is 2. The van der Waals surface area contributed by atoms with Crippen molar-refractivity contribution in [2.24, 2.45) is 0 Å². The molecule has 80 valence electrons. The van der Waals surface area contributed by atoms with E-state index >= 15 is 0 Å². The molecule has 3 rings (SSSR count). The molecule has 2 aliphatic rings. The van der Waals surface area contributed by atoms with Gasteiger partial charge in [0, 0.05) is 16.6 Å². The van der Waals surface area contributed by atoms with E-state index in [9.17, 15) is 0 Å². The van der Waals surface area contributed by atoms with Crippen LogP contribution in [0.5, 0.6) is 0 Å². The molecule has 0 N–H and O–H groups in total. The van der Waals surface area contributed by atoms with E-state index in [0.29, 0.717) is 5.54 Å². The van der Waals surface area contributed by atoms with E-state index in [0.717, 1.165) is 0 Å².